The fourth-order valence-corrected chi connectivity index (χ4v) is 3.39. The highest BCUT2D eigenvalue weighted by molar-refractivity contribution is 14.1. The number of aromatic nitrogens is 2. The molecule has 2 heterocycles. The van der Waals surface area contributed by atoms with Crippen LogP contribution in [-0.4, -0.2) is 35.6 Å². The molecule has 1 atom stereocenters. The first kappa shape index (κ1) is 18.7. The lowest BCUT2D eigenvalue weighted by Crippen LogP contribution is -2.40. The smallest absolute Gasteiger partial charge is 0.310 e. The van der Waals surface area contributed by atoms with Crippen molar-refractivity contribution in [2.75, 3.05) is 35.6 Å². The summed E-state index contributed by atoms with van der Waals surface area (Å²) in [6.45, 7) is 3.58. The van der Waals surface area contributed by atoms with Crippen molar-refractivity contribution in [2.45, 2.75) is 19.8 Å². The van der Waals surface area contributed by atoms with Gasteiger partial charge in [-0.05, 0) is 66.6 Å². The normalized spacial score (nSPS) is 17.0. The van der Waals surface area contributed by atoms with E-state index in [0.717, 1.165) is 28.6 Å². The minimum absolute atomic E-state index is 0.148. The molecule has 1 fully saturated rings. The second-order valence-corrected chi connectivity index (χ2v) is 7.37. The number of benzene rings is 1. The molecule has 1 aliphatic heterocycles. The standard InChI is InChI=1S/C18H22IN5O2/c1-2-26-18(25)12-4-3-9-24(10-12)17-15(20)16(21-11-22-17)23-14-7-5-13(19)6-8-14/h5-8,11-12H,2-4,9-10,20H2,1H3,(H,21,22,23). The summed E-state index contributed by atoms with van der Waals surface area (Å²) in [6.07, 6.45) is 3.22. The van der Waals surface area contributed by atoms with Gasteiger partial charge in [-0.15, -0.1) is 0 Å². The molecule has 0 radical (unpaired) electrons. The Morgan fingerprint density at radius 2 is 2.15 bits per heavy atom. The average Bonchev–Trinajstić information content (AvgIpc) is 2.65. The van der Waals surface area contributed by atoms with Gasteiger partial charge in [-0.1, -0.05) is 0 Å². The van der Waals surface area contributed by atoms with E-state index in [4.69, 9.17) is 10.5 Å². The molecular formula is C18H22IN5O2. The summed E-state index contributed by atoms with van der Waals surface area (Å²) >= 11 is 2.26. The molecule has 1 aliphatic rings. The Morgan fingerprint density at radius 1 is 1.38 bits per heavy atom. The number of carbonyl (C=O) groups excluding carboxylic acids is 1. The minimum Gasteiger partial charge on any atom is -0.466 e. The van der Waals surface area contributed by atoms with Crippen LogP contribution in [0.15, 0.2) is 30.6 Å². The maximum Gasteiger partial charge on any atom is 0.310 e. The first-order valence-electron chi connectivity index (χ1n) is 8.63. The Bertz CT molecular complexity index is 769. The van der Waals surface area contributed by atoms with Crippen molar-refractivity contribution in [1.29, 1.82) is 0 Å². The van der Waals surface area contributed by atoms with Crippen LogP contribution in [0, 0.1) is 9.49 Å². The maximum absolute atomic E-state index is 12.1. The predicted molar refractivity (Wildman–Crippen MR) is 110 cm³/mol. The molecule has 0 saturated carbocycles. The number of carbonyl (C=O) groups is 1. The monoisotopic (exact) mass is 467 g/mol. The number of nitrogen functional groups attached to an aromatic ring is 1. The fraction of sp³-hybridized carbons (Fsp3) is 0.389. The van der Waals surface area contributed by atoms with Gasteiger partial charge in [-0.2, -0.15) is 0 Å². The fourth-order valence-electron chi connectivity index (χ4n) is 3.03. The van der Waals surface area contributed by atoms with Gasteiger partial charge in [0.05, 0.1) is 12.5 Å². The number of ether oxygens (including phenoxy) is 1. The predicted octanol–water partition coefficient (Wildman–Crippen LogP) is 3.19. The molecule has 2 aromatic rings. The van der Waals surface area contributed by atoms with Crippen molar-refractivity contribution in [3.05, 3.63) is 34.2 Å². The van der Waals surface area contributed by atoms with E-state index in [0.29, 0.717) is 30.5 Å². The summed E-state index contributed by atoms with van der Waals surface area (Å²) in [5.41, 5.74) is 7.71. The van der Waals surface area contributed by atoms with Crippen LogP contribution in [0.25, 0.3) is 0 Å². The van der Waals surface area contributed by atoms with E-state index in [1.54, 1.807) is 0 Å². The van der Waals surface area contributed by atoms with Crippen LogP contribution >= 0.6 is 22.6 Å². The lowest BCUT2D eigenvalue weighted by atomic mass is 9.98. The maximum atomic E-state index is 12.1. The zero-order valence-electron chi connectivity index (χ0n) is 14.6. The van der Waals surface area contributed by atoms with E-state index in [1.807, 2.05) is 36.1 Å². The number of nitrogens with two attached hydrogens (primary N) is 1. The number of hydrogen-bond acceptors (Lipinski definition) is 7. The molecule has 7 nitrogen and oxygen atoms in total. The van der Waals surface area contributed by atoms with Gasteiger partial charge in [0.2, 0.25) is 0 Å². The van der Waals surface area contributed by atoms with Gasteiger partial charge in [-0.25, -0.2) is 9.97 Å². The Morgan fingerprint density at radius 3 is 2.88 bits per heavy atom. The second kappa shape index (κ2) is 8.52. The van der Waals surface area contributed by atoms with Crippen LogP contribution in [0.4, 0.5) is 23.0 Å². The summed E-state index contributed by atoms with van der Waals surface area (Å²) in [4.78, 5) is 22.7. The van der Waals surface area contributed by atoms with Crippen molar-refractivity contribution in [1.82, 2.24) is 9.97 Å². The Balaban J connectivity index is 1.78. The quantitative estimate of drug-likeness (QED) is 0.516. The number of halogens is 1. The molecule has 1 aromatic heterocycles. The van der Waals surface area contributed by atoms with E-state index in [1.165, 1.54) is 6.33 Å². The first-order valence-corrected chi connectivity index (χ1v) is 9.71. The van der Waals surface area contributed by atoms with Crippen molar-refractivity contribution in [3.63, 3.8) is 0 Å². The summed E-state index contributed by atoms with van der Waals surface area (Å²) < 4.78 is 6.32. The summed E-state index contributed by atoms with van der Waals surface area (Å²) in [5, 5.41) is 3.24. The second-order valence-electron chi connectivity index (χ2n) is 6.13. The van der Waals surface area contributed by atoms with Crippen LogP contribution in [-0.2, 0) is 9.53 Å². The van der Waals surface area contributed by atoms with Gasteiger partial charge in [0.1, 0.15) is 12.0 Å². The number of nitrogens with zero attached hydrogens (tertiary/aromatic N) is 3. The van der Waals surface area contributed by atoms with E-state index in [9.17, 15) is 4.79 Å². The minimum atomic E-state index is -0.151. The Labute approximate surface area is 166 Å². The molecule has 138 valence electrons. The molecule has 0 spiro atoms. The number of nitrogens with one attached hydrogen (secondary N) is 1. The van der Waals surface area contributed by atoms with Crippen LogP contribution in [0.2, 0.25) is 0 Å². The number of rotatable bonds is 5. The highest BCUT2D eigenvalue weighted by Crippen LogP contribution is 2.31. The highest BCUT2D eigenvalue weighted by atomic mass is 127. The zero-order chi connectivity index (χ0) is 18.5. The number of hydrogen-bond donors (Lipinski definition) is 2. The Kier molecular flexibility index (Phi) is 6.12. The van der Waals surface area contributed by atoms with Gasteiger partial charge < -0.3 is 20.7 Å². The third-order valence-corrected chi connectivity index (χ3v) is 5.03. The molecule has 3 rings (SSSR count). The zero-order valence-corrected chi connectivity index (χ0v) is 16.8. The molecule has 3 N–H and O–H groups in total. The molecule has 0 bridgehead atoms. The van der Waals surface area contributed by atoms with Crippen LogP contribution in [0.5, 0.6) is 0 Å². The molecule has 8 heteroatoms. The van der Waals surface area contributed by atoms with Gasteiger partial charge in [0, 0.05) is 22.3 Å². The number of anilines is 4. The molecule has 1 saturated heterocycles. The first-order chi connectivity index (χ1) is 12.6. The van der Waals surface area contributed by atoms with E-state index < -0.39 is 0 Å². The largest absolute Gasteiger partial charge is 0.466 e. The van der Waals surface area contributed by atoms with Crippen molar-refractivity contribution in [3.8, 4) is 0 Å². The van der Waals surface area contributed by atoms with Gasteiger partial charge in [0.25, 0.3) is 0 Å². The third-order valence-electron chi connectivity index (χ3n) is 4.31. The lowest BCUT2D eigenvalue weighted by molar-refractivity contribution is -0.148. The molecule has 26 heavy (non-hydrogen) atoms. The third kappa shape index (κ3) is 4.35. The lowest BCUT2D eigenvalue weighted by Gasteiger charge is -2.33. The van der Waals surface area contributed by atoms with Gasteiger partial charge in [0.15, 0.2) is 11.6 Å². The average molecular weight is 467 g/mol. The SMILES string of the molecule is CCOC(=O)C1CCCN(c2ncnc(Nc3ccc(I)cc3)c2N)C1. The number of piperidine rings is 1. The number of esters is 1. The Hall–Kier alpha value is -2.10. The molecule has 1 aromatic carbocycles. The van der Waals surface area contributed by atoms with E-state index >= 15 is 0 Å². The topological polar surface area (TPSA) is 93.4 Å². The van der Waals surface area contributed by atoms with Crippen molar-refractivity contribution >= 4 is 51.6 Å². The van der Waals surface area contributed by atoms with E-state index in [2.05, 4.69) is 37.9 Å². The van der Waals surface area contributed by atoms with E-state index in [-0.39, 0.29) is 11.9 Å². The van der Waals surface area contributed by atoms with Crippen LogP contribution < -0.4 is 16.0 Å². The van der Waals surface area contributed by atoms with Crippen molar-refractivity contribution in [2.24, 2.45) is 5.92 Å². The van der Waals surface area contributed by atoms with Crippen molar-refractivity contribution < 1.29 is 9.53 Å². The van der Waals surface area contributed by atoms with Crippen LogP contribution in [0.3, 0.4) is 0 Å². The summed E-state index contributed by atoms with van der Waals surface area (Å²) in [5.74, 6) is 0.921. The molecule has 0 amide bonds. The molecule has 1 unspecified atom stereocenters. The molecular weight excluding hydrogens is 445 g/mol. The summed E-state index contributed by atoms with van der Waals surface area (Å²) in [7, 11) is 0. The van der Waals surface area contributed by atoms with Gasteiger partial charge >= 0.3 is 5.97 Å². The highest BCUT2D eigenvalue weighted by Gasteiger charge is 2.29. The van der Waals surface area contributed by atoms with Crippen LogP contribution in [0.1, 0.15) is 19.8 Å². The summed E-state index contributed by atoms with van der Waals surface area (Å²) in [6, 6.07) is 7.97. The molecule has 0 aliphatic carbocycles. The van der Waals surface area contributed by atoms with Gasteiger partial charge in [-0.3, -0.25) is 4.79 Å².